The second-order valence-electron chi connectivity index (χ2n) is 6.59. The maximum absolute atomic E-state index is 13.7. The first-order valence-corrected chi connectivity index (χ1v) is 9.58. The van der Waals surface area contributed by atoms with Gasteiger partial charge in [0.25, 0.3) is 5.91 Å². The molecule has 0 aliphatic carbocycles. The van der Waals surface area contributed by atoms with Gasteiger partial charge < -0.3 is 15.0 Å². The van der Waals surface area contributed by atoms with Crippen LogP contribution >= 0.6 is 23.2 Å². The lowest BCUT2D eigenvalue weighted by Gasteiger charge is -2.22. The van der Waals surface area contributed by atoms with Gasteiger partial charge in [0.05, 0.1) is 21.1 Å². The zero-order chi connectivity index (χ0) is 23.1. The number of amides is 1. The monoisotopic (exact) mass is 476 g/mol. The van der Waals surface area contributed by atoms with Crippen molar-refractivity contribution in [2.45, 2.75) is 25.7 Å². The van der Waals surface area contributed by atoms with E-state index in [0.29, 0.717) is 10.9 Å². The van der Waals surface area contributed by atoms with Crippen molar-refractivity contribution in [1.29, 1.82) is 0 Å². The van der Waals surface area contributed by atoms with Gasteiger partial charge in [-0.3, -0.25) is 4.79 Å². The number of aromatic nitrogens is 1. The molecule has 3 rings (SSSR count). The van der Waals surface area contributed by atoms with Crippen molar-refractivity contribution in [3.8, 4) is 0 Å². The van der Waals surface area contributed by atoms with Crippen LogP contribution in [-0.2, 0) is 6.54 Å². The topological polar surface area (TPSA) is 71.3 Å². The number of benzene rings is 2. The number of rotatable bonds is 5. The molecule has 0 fully saturated rings. The van der Waals surface area contributed by atoms with E-state index >= 15 is 0 Å². The number of carbonyl (C=O) groups excluding carboxylic acids is 1. The number of fused-ring (bicyclic) bond motifs is 1. The molecule has 1 atom stereocenters. The normalized spacial score (nSPS) is 12.7. The Morgan fingerprint density at radius 3 is 2.35 bits per heavy atom. The second-order valence-corrected chi connectivity index (χ2v) is 7.41. The Bertz CT molecular complexity index is 1190. The summed E-state index contributed by atoms with van der Waals surface area (Å²) in [7, 11) is 0. The third kappa shape index (κ3) is 4.47. The van der Waals surface area contributed by atoms with Gasteiger partial charge in [-0.15, -0.1) is 0 Å². The van der Waals surface area contributed by atoms with Crippen LogP contribution in [0.1, 0.15) is 39.4 Å². The Kier molecular flexibility index (Phi) is 6.20. The molecule has 1 amide bonds. The lowest BCUT2D eigenvalue weighted by molar-refractivity contribution is -0.155. The van der Waals surface area contributed by atoms with Crippen LogP contribution in [0.2, 0.25) is 10.0 Å². The van der Waals surface area contributed by atoms with E-state index in [2.05, 4.69) is 0 Å². The maximum Gasteiger partial charge on any atom is 0.412 e. The number of aryl methyl sites for hydroxylation is 1. The number of carboxylic acid groups (broad SMARTS) is 1. The number of halogens is 6. The fourth-order valence-electron chi connectivity index (χ4n) is 3.23. The van der Waals surface area contributed by atoms with Gasteiger partial charge in [0.1, 0.15) is 11.5 Å². The molecule has 0 bridgehead atoms. The van der Waals surface area contributed by atoms with Gasteiger partial charge in [0, 0.05) is 11.9 Å². The zero-order valence-electron chi connectivity index (χ0n) is 15.7. The SMILES string of the molecule is CCn1c(C(=O)NC(c2ccc(F)c(Cl)c2)C(F)(F)F)cc2cc(C(=O)O)c(Cl)cc21. The van der Waals surface area contributed by atoms with Crippen molar-refractivity contribution in [2.75, 3.05) is 0 Å². The predicted octanol–water partition coefficient (Wildman–Crippen LogP) is 5.84. The smallest absolute Gasteiger partial charge is 0.412 e. The molecule has 1 unspecified atom stereocenters. The van der Waals surface area contributed by atoms with Gasteiger partial charge in [-0.25, -0.2) is 9.18 Å². The van der Waals surface area contributed by atoms with Crippen LogP contribution in [0.4, 0.5) is 17.6 Å². The molecule has 1 heterocycles. The summed E-state index contributed by atoms with van der Waals surface area (Å²) in [6.45, 7) is 1.87. The van der Waals surface area contributed by atoms with Crippen LogP contribution in [0.3, 0.4) is 0 Å². The lowest BCUT2D eigenvalue weighted by atomic mass is 10.1. The first-order chi connectivity index (χ1) is 14.4. The van der Waals surface area contributed by atoms with Crippen molar-refractivity contribution in [3.63, 3.8) is 0 Å². The van der Waals surface area contributed by atoms with Gasteiger partial charge >= 0.3 is 12.1 Å². The first-order valence-electron chi connectivity index (χ1n) is 8.82. The Balaban J connectivity index is 2.05. The van der Waals surface area contributed by atoms with Gasteiger partial charge in [0.2, 0.25) is 0 Å². The average Bonchev–Trinajstić information content (AvgIpc) is 3.04. The number of hydrogen-bond acceptors (Lipinski definition) is 2. The number of carbonyl (C=O) groups is 2. The minimum Gasteiger partial charge on any atom is -0.478 e. The minimum absolute atomic E-state index is 0.0751. The van der Waals surface area contributed by atoms with Crippen LogP contribution in [0.5, 0.6) is 0 Å². The predicted molar refractivity (Wildman–Crippen MR) is 107 cm³/mol. The van der Waals surface area contributed by atoms with Gasteiger partial charge in [-0.05, 0) is 42.8 Å². The number of nitrogens with zero attached hydrogens (tertiary/aromatic N) is 1. The number of carboxylic acids is 1. The molecule has 164 valence electrons. The van der Waals surface area contributed by atoms with Crippen LogP contribution in [-0.4, -0.2) is 27.7 Å². The van der Waals surface area contributed by atoms with Gasteiger partial charge in [-0.1, -0.05) is 29.3 Å². The summed E-state index contributed by atoms with van der Waals surface area (Å²) in [5.74, 6) is -3.24. The number of aromatic carboxylic acids is 1. The molecule has 31 heavy (non-hydrogen) atoms. The number of alkyl halides is 3. The van der Waals surface area contributed by atoms with E-state index in [0.717, 1.165) is 18.2 Å². The fourth-order valence-corrected chi connectivity index (χ4v) is 3.66. The molecule has 3 aromatic rings. The first kappa shape index (κ1) is 22.9. The van der Waals surface area contributed by atoms with E-state index in [1.807, 2.05) is 5.32 Å². The third-order valence-corrected chi connectivity index (χ3v) is 5.25. The van der Waals surface area contributed by atoms with Crippen molar-refractivity contribution in [3.05, 3.63) is 69.1 Å². The van der Waals surface area contributed by atoms with E-state index in [4.69, 9.17) is 23.2 Å². The van der Waals surface area contributed by atoms with E-state index in [9.17, 15) is 32.3 Å². The highest BCUT2D eigenvalue weighted by molar-refractivity contribution is 6.34. The standard InChI is InChI=1S/C20H14Cl2F4N2O3/c1-2-28-15-8-12(21)11(19(30)31)5-10(15)7-16(28)18(29)27-17(20(24,25)26)9-3-4-14(23)13(22)6-9/h3-8,17H,2H2,1H3,(H,27,29)(H,30,31). The van der Waals surface area contributed by atoms with E-state index in [1.54, 1.807) is 6.92 Å². The molecule has 0 spiro atoms. The molecule has 0 saturated heterocycles. The second kappa shape index (κ2) is 8.39. The Morgan fingerprint density at radius 1 is 1.13 bits per heavy atom. The maximum atomic E-state index is 13.7. The Hall–Kier alpha value is -2.78. The third-order valence-electron chi connectivity index (χ3n) is 4.65. The molecule has 1 aromatic heterocycles. The fraction of sp³-hybridized carbons (Fsp3) is 0.200. The van der Waals surface area contributed by atoms with Crippen LogP contribution in [0.25, 0.3) is 10.9 Å². The van der Waals surface area contributed by atoms with Crippen LogP contribution < -0.4 is 5.32 Å². The average molecular weight is 477 g/mol. The summed E-state index contributed by atoms with van der Waals surface area (Å²) in [4.78, 5) is 24.1. The molecule has 2 N–H and O–H groups in total. The quantitative estimate of drug-likeness (QED) is 0.454. The number of hydrogen-bond donors (Lipinski definition) is 2. The largest absolute Gasteiger partial charge is 0.478 e. The molecule has 0 aliphatic heterocycles. The molecule has 2 aromatic carbocycles. The van der Waals surface area contributed by atoms with Crippen molar-refractivity contribution < 1.29 is 32.3 Å². The molecule has 0 radical (unpaired) electrons. The molecular weight excluding hydrogens is 463 g/mol. The summed E-state index contributed by atoms with van der Waals surface area (Å²) in [5, 5.41) is 10.9. The van der Waals surface area contributed by atoms with Crippen molar-refractivity contribution in [1.82, 2.24) is 9.88 Å². The Labute approximate surface area is 183 Å². The summed E-state index contributed by atoms with van der Waals surface area (Å²) in [6.07, 6.45) is -4.89. The van der Waals surface area contributed by atoms with Gasteiger partial charge in [-0.2, -0.15) is 13.2 Å². The molecular formula is C20H14Cl2F4N2O3. The highest BCUT2D eigenvalue weighted by Crippen LogP contribution is 2.35. The summed E-state index contributed by atoms with van der Waals surface area (Å²) in [6, 6.07) is 3.87. The molecule has 0 saturated carbocycles. The summed E-state index contributed by atoms with van der Waals surface area (Å²) >= 11 is 11.6. The Morgan fingerprint density at radius 2 is 1.81 bits per heavy atom. The number of nitrogens with one attached hydrogen (secondary N) is 1. The van der Waals surface area contributed by atoms with Crippen molar-refractivity contribution in [2.24, 2.45) is 0 Å². The van der Waals surface area contributed by atoms with Gasteiger partial charge in [0.15, 0.2) is 6.04 Å². The summed E-state index contributed by atoms with van der Waals surface area (Å²) < 4.78 is 55.7. The lowest BCUT2D eigenvalue weighted by Crippen LogP contribution is -2.38. The highest BCUT2D eigenvalue weighted by Gasteiger charge is 2.42. The van der Waals surface area contributed by atoms with E-state index in [-0.39, 0.29) is 22.8 Å². The highest BCUT2D eigenvalue weighted by atomic mass is 35.5. The zero-order valence-corrected chi connectivity index (χ0v) is 17.2. The van der Waals surface area contributed by atoms with Crippen molar-refractivity contribution >= 4 is 46.0 Å². The van der Waals surface area contributed by atoms with E-state index < -0.39 is 40.5 Å². The summed E-state index contributed by atoms with van der Waals surface area (Å²) in [5.41, 5.74) is -0.388. The molecule has 5 nitrogen and oxygen atoms in total. The molecule has 0 aliphatic rings. The molecule has 11 heteroatoms. The minimum atomic E-state index is -4.89. The van der Waals surface area contributed by atoms with E-state index in [1.165, 1.54) is 22.8 Å². The van der Waals surface area contributed by atoms with Crippen LogP contribution in [0, 0.1) is 5.82 Å². The van der Waals surface area contributed by atoms with Crippen LogP contribution in [0.15, 0.2) is 36.4 Å².